The minimum atomic E-state index is -0.646. The van der Waals surface area contributed by atoms with Gasteiger partial charge in [-0.1, -0.05) is 12.1 Å². The van der Waals surface area contributed by atoms with Gasteiger partial charge in [0.2, 0.25) is 5.91 Å². The summed E-state index contributed by atoms with van der Waals surface area (Å²) in [6.45, 7) is 6.17. The molecule has 1 aromatic heterocycles. The fourth-order valence-electron chi connectivity index (χ4n) is 5.18. The van der Waals surface area contributed by atoms with Gasteiger partial charge in [-0.2, -0.15) is 0 Å². The first-order valence-corrected chi connectivity index (χ1v) is 13.0. The number of ether oxygens (including phenoxy) is 1. The Kier molecular flexibility index (Phi) is 6.75. The van der Waals surface area contributed by atoms with Gasteiger partial charge in [0.25, 0.3) is 0 Å². The molecular formula is C27H30FN3O3S. The summed E-state index contributed by atoms with van der Waals surface area (Å²) in [5.41, 5.74) is 4.05. The number of rotatable bonds is 6. The highest BCUT2D eigenvalue weighted by Gasteiger charge is 2.32. The van der Waals surface area contributed by atoms with Gasteiger partial charge in [-0.15, -0.1) is 11.3 Å². The van der Waals surface area contributed by atoms with Crippen LogP contribution in [0.5, 0.6) is 0 Å². The lowest BCUT2D eigenvalue weighted by molar-refractivity contribution is -0.143. The third-order valence-corrected chi connectivity index (χ3v) is 8.02. The van der Waals surface area contributed by atoms with E-state index in [-0.39, 0.29) is 11.7 Å². The van der Waals surface area contributed by atoms with Gasteiger partial charge in [-0.05, 0) is 60.5 Å². The topological polar surface area (TPSA) is 53.1 Å². The first-order chi connectivity index (χ1) is 16.9. The zero-order valence-electron chi connectivity index (χ0n) is 20.1. The van der Waals surface area contributed by atoms with Gasteiger partial charge < -0.3 is 9.64 Å². The molecule has 0 aliphatic carbocycles. The lowest BCUT2D eigenvalue weighted by Crippen LogP contribution is -2.47. The third-order valence-electron chi connectivity index (χ3n) is 7.16. The zero-order valence-corrected chi connectivity index (χ0v) is 20.9. The number of thiophene rings is 1. The van der Waals surface area contributed by atoms with Crippen LogP contribution >= 0.6 is 11.3 Å². The van der Waals surface area contributed by atoms with Crippen molar-refractivity contribution in [2.75, 3.05) is 49.6 Å². The van der Waals surface area contributed by atoms with E-state index in [2.05, 4.69) is 34.1 Å². The molecule has 3 heterocycles. The number of hydrogen-bond donors (Lipinski definition) is 0. The number of halogens is 1. The highest BCUT2D eigenvalue weighted by molar-refractivity contribution is 7.17. The van der Waals surface area contributed by atoms with Crippen LogP contribution in [0.2, 0.25) is 0 Å². The Morgan fingerprint density at radius 1 is 1.09 bits per heavy atom. The molecule has 1 unspecified atom stereocenters. The molecule has 3 aromatic rings. The van der Waals surface area contributed by atoms with Crippen LogP contribution in [0.1, 0.15) is 24.5 Å². The van der Waals surface area contributed by atoms with Crippen LogP contribution in [0.25, 0.3) is 10.1 Å². The number of anilines is 2. The Morgan fingerprint density at radius 2 is 1.89 bits per heavy atom. The van der Waals surface area contributed by atoms with Gasteiger partial charge in [-0.25, -0.2) is 9.18 Å². The van der Waals surface area contributed by atoms with Crippen molar-refractivity contribution >= 4 is 44.7 Å². The monoisotopic (exact) mass is 495 g/mol. The standard InChI is InChI=1S/C27H30FN3O3S/c1-18(27(33)34-2)31-23-15-19(3-4-20(23)5-6-26(31)32)7-9-29-10-12-30(13-11-29)24-16-21(28)17-25-22(24)8-14-35-25/h3-4,8,14-18H,5-7,9-13H2,1-2H3. The summed E-state index contributed by atoms with van der Waals surface area (Å²) < 4.78 is 20.0. The summed E-state index contributed by atoms with van der Waals surface area (Å²) >= 11 is 1.57. The quantitative estimate of drug-likeness (QED) is 0.479. The summed E-state index contributed by atoms with van der Waals surface area (Å²) in [4.78, 5) is 31.1. The summed E-state index contributed by atoms with van der Waals surface area (Å²) in [7, 11) is 1.35. The highest BCUT2D eigenvalue weighted by atomic mass is 32.1. The van der Waals surface area contributed by atoms with Crippen molar-refractivity contribution in [1.82, 2.24) is 4.90 Å². The molecule has 8 heteroatoms. The summed E-state index contributed by atoms with van der Waals surface area (Å²) in [5, 5.41) is 3.14. The zero-order chi connectivity index (χ0) is 24.5. The molecule has 2 aliphatic rings. The Labute approximate surface area is 208 Å². The van der Waals surface area contributed by atoms with E-state index >= 15 is 0 Å². The second-order valence-electron chi connectivity index (χ2n) is 9.26. The highest BCUT2D eigenvalue weighted by Crippen LogP contribution is 2.33. The number of benzene rings is 2. The fourth-order valence-corrected chi connectivity index (χ4v) is 6.01. The van der Waals surface area contributed by atoms with Crippen molar-refractivity contribution in [3.05, 3.63) is 58.7 Å². The maximum Gasteiger partial charge on any atom is 0.328 e. The number of carbonyl (C=O) groups is 2. The molecule has 6 nitrogen and oxygen atoms in total. The van der Waals surface area contributed by atoms with Crippen LogP contribution in [0.15, 0.2) is 41.8 Å². The Balaban J connectivity index is 1.23. The molecule has 1 fully saturated rings. The van der Waals surface area contributed by atoms with Crippen LogP contribution in [-0.2, 0) is 27.2 Å². The van der Waals surface area contributed by atoms with Gasteiger partial charge in [0.1, 0.15) is 11.9 Å². The first-order valence-electron chi connectivity index (χ1n) is 12.1. The maximum absolute atomic E-state index is 14.1. The van der Waals surface area contributed by atoms with Crippen LogP contribution < -0.4 is 9.80 Å². The summed E-state index contributed by atoms with van der Waals surface area (Å²) in [6.07, 6.45) is 1.95. The third kappa shape index (κ3) is 4.77. The molecule has 0 bridgehead atoms. The van der Waals surface area contributed by atoms with Gasteiger partial charge >= 0.3 is 5.97 Å². The van der Waals surface area contributed by atoms with Crippen molar-refractivity contribution < 1.29 is 18.7 Å². The lowest BCUT2D eigenvalue weighted by atomic mass is 9.96. The van der Waals surface area contributed by atoms with E-state index in [0.29, 0.717) is 12.8 Å². The largest absolute Gasteiger partial charge is 0.467 e. The van der Waals surface area contributed by atoms with Crippen LogP contribution in [-0.4, -0.2) is 62.7 Å². The molecule has 0 saturated carbocycles. The lowest BCUT2D eigenvalue weighted by Gasteiger charge is -2.36. The summed E-state index contributed by atoms with van der Waals surface area (Å²) in [5.74, 6) is -0.632. The van der Waals surface area contributed by atoms with Crippen molar-refractivity contribution in [3.63, 3.8) is 0 Å². The molecule has 0 spiro atoms. The van der Waals surface area contributed by atoms with Crippen molar-refractivity contribution in [2.24, 2.45) is 0 Å². The second kappa shape index (κ2) is 9.95. The number of fused-ring (bicyclic) bond motifs is 2. The number of hydrogen-bond acceptors (Lipinski definition) is 6. The Morgan fingerprint density at radius 3 is 2.66 bits per heavy atom. The average molecular weight is 496 g/mol. The number of amides is 1. The predicted octanol–water partition coefficient (Wildman–Crippen LogP) is 4.25. The van der Waals surface area contributed by atoms with E-state index in [9.17, 15) is 14.0 Å². The molecule has 2 aliphatic heterocycles. The van der Waals surface area contributed by atoms with E-state index in [1.807, 2.05) is 5.38 Å². The predicted molar refractivity (Wildman–Crippen MR) is 138 cm³/mol. The maximum atomic E-state index is 14.1. The van der Waals surface area contributed by atoms with Crippen LogP contribution in [0.4, 0.5) is 15.8 Å². The Bertz CT molecular complexity index is 1250. The first kappa shape index (κ1) is 23.8. The van der Waals surface area contributed by atoms with E-state index in [1.165, 1.54) is 7.11 Å². The number of nitrogens with zero attached hydrogens (tertiary/aromatic N) is 3. The van der Waals surface area contributed by atoms with E-state index < -0.39 is 12.0 Å². The van der Waals surface area contributed by atoms with Gasteiger partial charge in [0.15, 0.2) is 0 Å². The van der Waals surface area contributed by atoms with Crippen LogP contribution in [0, 0.1) is 5.82 Å². The van der Waals surface area contributed by atoms with E-state index in [4.69, 9.17) is 4.74 Å². The average Bonchev–Trinajstić information content (AvgIpc) is 3.34. The molecule has 1 saturated heterocycles. The van der Waals surface area contributed by atoms with Crippen molar-refractivity contribution in [3.8, 4) is 0 Å². The minimum Gasteiger partial charge on any atom is -0.467 e. The SMILES string of the molecule is COC(=O)C(C)N1C(=O)CCc2ccc(CCN3CCN(c4cc(F)cc5sccc45)CC3)cc21. The van der Waals surface area contributed by atoms with E-state index in [1.54, 1.807) is 35.3 Å². The number of esters is 1. The fraction of sp³-hybridized carbons (Fsp3) is 0.407. The minimum absolute atomic E-state index is 0.0410. The number of methoxy groups -OCH3 is 1. The number of carbonyl (C=O) groups excluding carboxylic acids is 2. The molecule has 1 amide bonds. The number of aryl methyl sites for hydroxylation is 1. The molecule has 1 atom stereocenters. The molecule has 0 N–H and O–H groups in total. The molecule has 2 aromatic carbocycles. The van der Waals surface area contributed by atoms with Crippen molar-refractivity contribution in [2.45, 2.75) is 32.2 Å². The molecule has 184 valence electrons. The van der Waals surface area contributed by atoms with E-state index in [0.717, 1.165) is 71.7 Å². The molecular weight excluding hydrogens is 465 g/mol. The van der Waals surface area contributed by atoms with Gasteiger partial charge in [-0.3, -0.25) is 14.6 Å². The summed E-state index contributed by atoms with van der Waals surface area (Å²) in [6, 6.07) is 11.0. The second-order valence-corrected chi connectivity index (χ2v) is 10.2. The Hall–Kier alpha value is -2.97. The molecule has 0 radical (unpaired) electrons. The van der Waals surface area contributed by atoms with Crippen LogP contribution in [0.3, 0.4) is 0 Å². The number of piperazine rings is 1. The van der Waals surface area contributed by atoms with Gasteiger partial charge in [0.05, 0.1) is 7.11 Å². The van der Waals surface area contributed by atoms with Gasteiger partial charge in [0, 0.05) is 60.6 Å². The van der Waals surface area contributed by atoms with Crippen molar-refractivity contribution in [1.29, 1.82) is 0 Å². The molecule has 5 rings (SSSR count). The molecule has 35 heavy (non-hydrogen) atoms. The normalized spacial score (nSPS) is 17.5. The smallest absolute Gasteiger partial charge is 0.328 e.